The third kappa shape index (κ3) is 2.36. The topological polar surface area (TPSA) is 41.9 Å². The molecule has 0 unspecified atom stereocenters. The van der Waals surface area contributed by atoms with Crippen molar-refractivity contribution in [1.82, 2.24) is 15.0 Å². The van der Waals surface area contributed by atoms with E-state index < -0.39 is 0 Å². The summed E-state index contributed by atoms with van der Waals surface area (Å²) in [4.78, 5) is 14.7. The Balaban J connectivity index is 2.44. The first-order valence-electron chi connectivity index (χ1n) is 4.78. The Bertz CT molecular complexity index is 499. The number of hydrogen-bond donors (Lipinski definition) is 0. The number of pyridine rings is 1. The summed E-state index contributed by atoms with van der Waals surface area (Å²) < 4.78 is 0.920. The van der Waals surface area contributed by atoms with Crippen molar-refractivity contribution in [1.29, 1.82) is 0 Å². The molecule has 0 aliphatic carbocycles. The van der Waals surface area contributed by atoms with Gasteiger partial charge in [-0.3, -0.25) is 4.98 Å². The van der Waals surface area contributed by atoms with Gasteiger partial charge in [-0.2, -0.15) is 0 Å². The summed E-state index contributed by atoms with van der Waals surface area (Å²) in [7, 11) is 3.90. The first-order chi connectivity index (χ1) is 7.66. The van der Waals surface area contributed by atoms with E-state index in [1.54, 1.807) is 18.6 Å². The molecule has 0 aliphatic heterocycles. The van der Waals surface area contributed by atoms with Crippen LogP contribution >= 0.6 is 15.9 Å². The van der Waals surface area contributed by atoms with Crippen molar-refractivity contribution >= 4 is 21.7 Å². The standard InChI is InChI=1S/C11H11BrN4/c1-16(2)10-3-4-14-11(15-10)8-5-9(12)7-13-6-8/h3-7H,1-2H3. The van der Waals surface area contributed by atoms with Crippen molar-refractivity contribution < 1.29 is 0 Å². The van der Waals surface area contributed by atoms with Crippen LogP contribution < -0.4 is 4.90 Å². The zero-order chi connectivity index (χ0) is 11.5. The third-order valence-corrected chi connectivity index (χ3v) is 2.50. The molecule has 0 saturated carbocycles. The van der Waals surface area contributed by atoms with E-state index in [0.29, 0.717) is 5.82 Å². The summed E-state index contributed by atoms with van der Waals surface area (Å²) in [5.74, 6) is 1.56. The lowest BCUT2D eigenvalue weighted by Gasteiger charge is -2.11. The van der Waals surface area contributed by atoms with Gasteiger partial charge in [0, 0.05) is 42.7 Å². The number of aromatic nitrogens is 3. The van der Waals surface area contributed by atoms with E-state index in [2.05, 4.69) is 30.9 Å². The monoisotopic (exact) mass is 278 g/mol. The second-order valence-electron chi connectivity index (χ2n) is 3.52. The van der Waals surface area contributed by atoms with E-state index in [0.717, 1.165) is 15.9 Å². The van der Waals surface area contributed by atoms with Gasteiger partial charge in [-0.15, -0.1) is 0 Å². The average molecular weight is 279 g/mol. The van der Waals surface area contributed by atoms with E-state index >= 15 is 0 Å². The van der Waals surface area contributed by atoms with Gasteiger partial charge < -0.3 is 4.90 Å². The molecule has 0 fully saturated rings. The van der Waals surface area contributed by atoms with Gasteiger partial charge in [0.25, 0.3) is 0 Å². The van der Waals surface area contributed by atoms with Crippen LogP contribution in [0.3, 0.4) is 0 Å². The highest BCUT2D eigenvalue weighted by Crippen LogP contribution is 2.19. The van der Waals surface area contributed by atoms with Gasteiger partial charge >= 0.3 is 0 Å². The lowest BCUT2D eigenvalue weighted by molar-refractivity contribution is 1.04. The summed E-state index contributed by atoms with van der Waals surface area (Å²) in [5, 5.41) is 0. The van der Waals surface area contributed by atoms with E-state index in [1.165, 1.54) is 0 Å². The molecule has 2 heterocycles. The van der Waals surface area contributed by atoms with Crippen LogP contribution in [-0.2, 0) is 0 Å². The van der Waals surface area contributed by atoms with Gasteiger partial charge in [-0.05, 0) is 28.1 Å². The summed E-state index contributed by atoms with van der Waals surface area (Å²) in [6.45, 7) is 0. The molecule has 0 N–H and O–H groups in total. The zero-order valence-electron chi connectivity index (χ0n) is 9.05. The summed E-state index contributed by atoms with van der Waals surface area (Å²) in [5.41, 5.74) is 0.901. The summed E-state index contributed by atoms with van der Waals surface area (Å²) in [6, 6.07) is 3.82. The highest BCUT2D eigenvalue weighted by molar-refractivity contribution is 9.10. The third-order valence-electron chi connectivity index (χ3n) is 2.06. The molecule has 0 saturated heterocycles. The van der Waals surface area contributed by atoms with Crippen LogP contribution in [0.1, 0.15) is 0 Å². The number of anilines is 1. The fourth-order valence-electron chi connectivity index (χ4n) is 1.27. The van der Waals surface area contributed by atoms with Gasteiger partial charge in [-0.25, -0.2) is 9.97 Å². The van der Waals surface area contributed by atoms with Crippen molar-refractivity contribution in [3.8, 4) is 11.4 Å². The van der Waals surface area contributed by atoms with E-state index in [4.69, 9.17) is 0 Å². The molecule has 16 heavy (non-hydrogen) atoms. The highest BCUT2D eigenvalue weighted by Gasteiger charge is 2.04. The molecular weight excluding hydrogens is 268 g/mol. The second kappa shape index (κ2) is 4.57. The van der Waals surface area contributed by atoms with E-state index in [1.807, 2.05) is 31.1 Å². The van der Waals surface area contributed by atoms with Crippen LogP contribution in [0.2, 0.25) is 0 Å². The maximum atomic E-state index is 4.44. The van der Waals surface area contributed by atoms with Crippen molar-refractivity contribution in [2.45, 2.75) is 0 Å². The molecule has 0 radical (unpaired) electrons. The molecule has 4 nitrogen and oxygen atoms in total. The Hall–Kier alpha value is -1.49. The Kier molecular flexibility index (Phi) is 3.14. The van der Waals surface area contributed by atoms with E-state index in [-0.39, 0.29) is 0 Å². The van der Waals surface area contributed by atoms with Gasteiger partial charge in [0.15, 0.2) is 5.82 Å². The van der Waals surface area contributed by atoms with Crippen LogP contribution in [0.25, 0.3) is 11.4 Å². The Morgan fingerprint density at radius 3 is 2.75 bits per heavy atom. The molecule has 0 spiro atoms. The molecule has 5 heteroatoms. The quantitative estimate of drug-likeness (QED) is 0.846. The number of hydrogen-bond acceptors (Lipinski definition) is 4. The van der Waals surface area contributed by atoms with Crippen molar-refractivity contribution in [3.05, 3.63) is 35.2 Å². The predicted octanol–water partition coefficient (Wildman–Crippen LogP) is 2.37. The van der Waals surface area contributed by atoms with Gasteiger partial charge in [0.2, 0.25) is 0 Å². The minimum atomic E-state index is 0.681. The highest BCUT2D eigenvalue weighted by atomic mass is 79.9. The molecule has 0 amide bonds. The lowest BCUT2D eigenvalue weighted by Crippen LogP contribution is -2.11. The molecule has 0 aromatic carbocycles. The molecule has 0 aliphatic rings. The molecule has 2 rings (SSSR count). The number of nitrogens with zero attached hydrogens (tertiary/aromatic N) is 4. The molecule has 0 bridgehead atoms. The fraction of sp³-hybridized carbons (Fsp3) is 0.182. The summed E-state index contributed by atoms with van der Waals surface area (Å²) >= 11 is 3.38. The first kappa shape index (κ1) is 11.0. The van der Waals surface area contributed by atoms with Gasteiger partial charge in [0.05, 0.1) is 0 Å². The normalized spacial score (nSPS) is 10.2. The molecular formula is C11H11BrN4. The largest absolute Gasteiger partial charge is 0.363 e. The SMILES string of the molecule is CN(C)c1ccnc(-c2cncc(Br)c2)n1. The van der Waals surface area contributed by atoms with E-state index in [9.17, 15) is 0 Å². The Labute approximate surface area is 103 Å². The molecule has 2 aromatic heterocycles. The van der Waals surface area contributed by atoms with Crippen molar-refractivity contribution in [2.75, 3.05) is 19.0 Å². The van der Waals surface area contributed by atoms with Crippen LogP contribution in [0.5, 0.6) is 0 Å². The fourth-order valence-corrected chi connectivity index (χ4v) is 1.64. The second-order valence-corrected chi connectivity index (χ2v) is 4.44. The molecule has 2 aromatic rings. The van der Waals surface area contributed by atoms with Crippen molar-refractivity contribution in [3.63, 3.8) is 0 Å². The average Bonchev–Trinajstić information content (AvgIpc) is 2.29. The maximum Gasteiger partial charge on any atom is 0.163 e. The maximum absolute atomic E-state index is 4.44. The Morgan fingerprint density at radius 2 is 2.06 bits per heavy atom. The van der Waals surface area contributed by atoms with Crippen molar-refractivity contribution in [2.24, 2.45) is 0 Å². The van der Waals surface area contributed by atoms with Gasteiger partial charge in [0.1, 0.15) is 5.82 Å². The first-order valence-corrected chi connectivity index (χ1v) is 5.57. The number of rotatable bonds is 2. The van der Waals surface area contributed by atoms with Crippen LogP contribution in [0.4, 0.5) is 5.82 Å². The smallest absolute Gasteiger partial charge is 0.163 e. The molecule has 82 valence electrons. The summed E-state index contributed by atoms with van der Waals surface area (Å²) in [6.07, 6.45) is 5.23. The van der Waals surface area contributed by atoms with Crippen LogP contribution in [0.15, 0.2) is 35.2 Å². The Morgan fingerprint density at radius 1 is 1.25 bits per heavy atom. The predicted molar refractivity (Wildman–Crippen MR) is 67.3 cm³/mol. The molecule has 0 atom stereocenters. The van der Waals surface area contributed by atoms with Gasteiger partial charge in [-0.1, -0.05) is 0 Å². The lowest BCUT2D eigenvalue weighted by atomic mass is 10.2. The van der Waals surface area contributed by atoms with Crippen LogP contribution in [0, 0.1) is 0 Å². The number of halogens is 1. The minimum Gasteiger partial charge on any atom is -0.363 e. The zero-order valence-corrected chi connectivity index (χ0v) is 10.6. The van der Waals surface area contributed by atoms with Crippen LogP contribution in [-0.4, -0.2) is 29.0 Å². The minimum absolute atomic E-state index is 0.681.